The Labute approximate surface area is 107 Å². The summed E-state index contributed by atoms with van der Waals surface area (Å²) in [6, 6.07) is 11.1. The van der Waals surface area contributed by atoms with Crippen molar-refractivity contribution in [1.29, 1.82) is 0 Å². The van der Waals surface area contributed by atoms with E-state index in [4.69, 9.17) is 9.47 Å². The molecule has 0 spiro atoms. The number of hydrogen-bond acceptors (Lipinski definition) is 3. The van der Waals surface area contributed by atoms with E-state index in [2.05, 4.69) is 0 Å². The van der Waals surface area contributed by atoms with Gasteiger partial charge in [-0.05, 0) is 47.9 Å². The van der Waals surface area contributed by atoms with Gasteiger partial charge in [-0.1, -0.05) is 6.07 Å². The molecule has 1 N–H and O–H groups in total. The molecule has 0 aliphatic carbocycles. The average molecular weight is 244 g/mol. The molecule has 0 saturated heterocycles. The van der Waals surface area contributed by atoms with E-state index >= 15 is 0 Å². The fourth-order valence-electron chi connectivity index (χ4n) is 1.90. The molecule has 18 heavy (non-hydrogen) atoms. The van der Waals surface area contributed by atoms with Crippen molar-refractivity contribution in [3.8, 4) is 28.4 Å². The van der Waals surface area contributed by atoms with Crippen LogP contribution in [0.4, 0.5) is 0 Å². The second kappa shape index (κ2) is 5.00. The fourth-order valence-corrected chi connectivity index (χ4v) is 1.90. The van der Waals surface area contributed by atoms with Crippen LogP contribution in [-0.4, -0.2) is 19.3 Å². The lowest BCUT2D eigenvalue weighted by Crippen LogP contribution is -1.89. The van der Waals surface area contributed by atoms with Gasteiger partial charge in [0, 0.05) is 6.07 Å². The molecular formula is C15H16O3. The zero-order valence-electron chi connectivity index (χ0n) is 10.7. The van der Waals surface area contributed by atoms with E-state index in [1.165, 1.54) is 0 Å². The number of methoxy groups -OCH3 is 2. The van der Waals surface area contributed by atoms with Gasteiger partial charge in [-0.2, -0.15) is 0 Å². The van der Waals surface area contributed by atoms with Crippen LogP contribution in [0.2, 0.25) is 0 Å². The van der Waals surface area contributed by atoms with Gasteiger partial charge in [0.05, 0.1) is 14.2 Å². The number of rotatable bonds is 3. The lowest BCUT2D eigenvalue weighted by Gasteiger charge is -2.09. The maximum atomic E-state index is 9.65. The molecule has 2 aromatic rings. The van der Waals surface area contributed by atoms with Gasteiger partial charge in [0.2, 0.25) is 0 Å². The van der Waals surface area contributed by atoms with E-state index < -0.39 is 0 Å². The van der Waals surface area contributed by atoms with Crippen molar-refractivity contribution in [2.75, 3.05) is 14.2 Å². The van der Waals surface area contributed by atoms with Gasteiger partial charge in [0.15, 0.2) is 0 Å². The monoisotopic (exact) mass is 244 g/mol. The lowest BCUT2D eigenvalue weighted by molar-refractivity contribution is 0.394. The predicted molar refractivity (Wildman–Crippen MR) is 71.4 cm³/mol. The van der Waals surface area contributed by atoms with Crippen molar-refractivity contribution in [2.24, 2.45) is 0 Å². The van der Waals surface area contributed by atoms with Crippen LogP contribution in [0, 0.1) is 6.92 Å². The zero-order chi connectivity index (χ0) is 13.1. The van der Waals surface area contributed by atoms with E-state index in [-0.39, 0.29) is 5.75 Å². The molecule has 0 bridgehead atoms. The minimum atomic E-state index is 0.256. The summed E-state index contributed by atoms with van der Waals surface area (Å²) >= 11 is 0. The van der Waals surface area contributed by atoms with Crippen LogP contribution >= 0.6 is 0 Å². The predicted octanol–water partition coefficient (Wildman–Crippen LogP) is 3.38. The number of phenols is 1. The van der Waals surface area contributed by atoms with Gasteiger partial charge < -0.3 is 14.6 Å². The van der Waals surface area contributed by atoms with Gasteiger partial charge in [-0.25, -0.2) is 0 Å². The highest BCUT2D eigenvalue weighted by Crippen LogP contribution is 2.31. The summed E-state index contributed by atoms with van der Waals surface area (Å²) in [4.78, 5) is 0. The molecule has 0 unspecified atom stereocenters. The van der Waals surface area contributed by atoms with Crippen LogP contribution in [0.5, 0.6) is 17.2 Å². The molecule has 0 aliphatic rings. The van der Waals surface area contributed by atoms with Crippen LogP contribution in [0.3, 0.4) is 0 Å². The summed E-state index contributed by atoms with van der Waals surface area (Å²) in [5, 5.41) is 9.65. The second-order valence-electron chi connectivity index (χ2n) is 4.16. The quantitative estimate of drug-likeness (QED) is 0.899. The summed E-state index contributed by atoms with van der Waals surface area (Å²) in [7, 11) is 3.23. The minimum absolute atomic E-state index is 0.256. The molecule has 0 aliphatic heterocycles. The number of aromatic hydroxyl groups is 1. The maximum Gasteiger partial charge on any atom is 0.123 e. The van der Waals surface area contributed by atoms with Crippen LogP contribution in [0.1, 0.15) is 5.56 Å². The number of aryl methyl sites for hydroxylation is 1. The third kappa shape index (κ3) is 2.56. The normalized spacial score (nSPS) is 10.2. The van der Waals surface area contributed by atoms with Gasteiger partial charge in [0.1, 0.15) is 17.2 Å². The molecule has 0 aromatic heterocycles. The van der Waals surface area contributed by atoms with Crippen molar-refractivity contribution in [3.05, 3.63) is 42.0 Å². The Hall–Kier alpha value is -2.16. The Morgan fingerprint density at radius 3 is 1.83 bits per heavy atom. The first-order valence-electron chi connectivity index (χ1n) is 5.66. The Bertz CT molecular complexity index is 519. The largest absolute Gasteiger partial charge is 0.508 e. The number of hydrogen-bond donors (Lipinski definition) is 1. The number of benzene rings is 2. The molecule has 3 nitrogen and oxygen atoms in total. The van der Waals surface area contributed by atoms with Crippen LogP contribution < -0.4 is 9.47 Å². The first kappa shape index (κ1) is 12.3. The van der Waals surface area contributed by atoms with Crippen molar-refractivity contribution in [2.45, 2.75) is 6.92 Å². The van der Waals surface area contributed by atoms with Crippen molar-refractivity contribution < 1.29 is 14.6 Å². The van der Waals surface area contributed by atoms with E-state index in [1.807, 2.05) is 31.2 Å². The lowest BCUT2D eigenvalue weighted by atomic mass is 10.0. The molecule has 3 heteroatoms. The SMILES string of the molecule is COc1cc(OC)cc(-c2cc(C)cc(O)c2)c1. The van der Waals surface area contributed by atoms with E-state index in [1.54, 1.807) is 26.4 Å². The summed E-state index contributed by atoms with van der Waals surface area (Å²) in [6.45, 7) is 1.95. The smallest absolute Gasteiger partial charge is 0.123 e. The second-order valence-corrected chi connectivity index (χ2v) is 4.16. The fraction of sp³-hybridized carbons (Fsp3) is 0.200. The third-order valence-electron chi connectivity index (χ3n) is 2.75. The summed E-state index contributed by atoms with van der Waals surface area (Å²) in [5.74, 6) is 1.71. The minimum Gasteiger partial charge on any atom is -0.508 e. The van der Waals surface area contributed by atoms with Crippen LogP contribution in [0.25, 0.3) is 11.1 Å². The summed E-state index contributed by atoms with van der Waals surface area (Å²) in [5.41, 5.74) is 2.89. The van der Waals surface area contributed by atoms with E-state index in [0.29, 0.717) is 0 Å². The van der Waals surface area contributed by atoms with Gasteiger partial charge in [-0.15, -0.1) is 0 Å². The molecule has 0 radical (unpaired) electrons. The van der Waals surface area contributed by atoms with Crippen LogP contribution in [0.15, 0.2) is 36.4 Å². The molecule has 0 atom stereocenters. The molecule has 0 fully saturated rings. The van der Waals surface area contributed by atoms with Crippen LogP contribution in [-0.2, 0) is 0 Å². The van der Waals surface area contributed by atoms with Gasteiger partial charge >= 0.3 is 0 Å². The van der Waals surface area contributed by atoms with Gasteiger partial charge in [0.25, 0.3) is 0 Å². The summed E-state index contributed by atoms with van der Waals surface area (Å²) in [6.07, 6.45) is 0. The molecule has 94 valence electrons. The maximum absolute atomic E-state index is 9.65. The Balaban J connectivity index is 2.55. The average Bonchev–Trinajstić information content (AvgIpc) is 2.37. The summed E-state index contributed by atoms with van der Waals surface area (Å²) < 4.78 is 10.5. The zero-order valence-corrected chi connectivity index (χ0v) is 10.7. The number of ether oxygens (including phenoxy) is 2. The molecule has 2 rings (SSSR count). The molecule has 0 heterocycles. The Morgan fingerprint density at radius 2 is 1.33 bits per heavy atom. The molecule has 0 amide bonds. The first-order chi connectivity index (χ1) is 8.62. The number of phenolic OH excluding ortho intramolecular Hbond substituents is 1. The van der Waals surface area contributed by atoms with E-state index in [0.717, 1.165) is 28.2 Å². The standard InChI is InChI=1S/C15H16O3/c1-10-4-11(6-13(16)5-10)12-7-14(17-2)9-15(8-12)18-3/h4-9,16H,1-3H3. The molecule has 2 aromatic carbocycles. The Kier molecular flexibility index (Phi) is 3.42. The highest BCUT2D eigenvalue weighted by molar-refractivity contribution is 5.69. The molecule has 0 saturated carbocycles. The highest BCUT2D eigenvalue weighted by Gasteiger charge is 2.05. The third-order valence-corrected chi connectivity index (χ3v) is 2.75. The first-order valence-corrected chi connectivity index (χ1v) is 5.66. The van der Waals surface area contributed by atoms with E-state index in [9.17, 15) is 5.11 Å². The Morgan fingerprint density at radius 1 is 0.778 bits per heavy atom. The van der Waals surface area contributed by atoms with Gasteiger partial charge in [-0.3, -0.25) is 0 Å². The van der Waals surface area contributed by atoms with Crippen molar-refractivity contribution in [3.63, 3.8) is 0 Å². The topological polar surface area (TPSA) is 38.7 Å². The highest BCUT2D eigenvalue weighted by atomic mass is 16.5. The van der Waals surface area contributed by atoms with Crippen molar-refractivity contribution in [1.82, 2.24) is 0 Å². The molecular weight excluding hydrogens is 228 g/mol. The van der Waals surface area contributed by atoms with Crippen molar-refractivity contribution >= 4 is 0 Å².